The Balaban J connectivity index is 1.66. The fourth-order valence-corrected chi connectivity index (χ4v) is 5.19. The van der Waals surface area contributed by atoms with Crippen molar-refractivity contribution in [2.24, 2.45) is 0 Å². The van der Waals surface area contributed by atoms with Crippen molar-refractivity contribution >= 4 is 23.6 Å². The molecule has 0 saturated carbocycles. The number of ketones is 1. The standard InChI is InChI=1S/C30H42OS/c1-5-6-7-8-9-10-11-12-13-14-21-32-28-18-15-27(16-19-28)17-20-29(31)30-25(3)22-24(2)23-26(30)4/h15-20,22-23H,5-14,21H2,1-4H3. The highest BCUT2D eigenvalue weighted by atomic mass is 32.2. The second kappa shape index (κ2) is 15.1. The van der Waals surface area contributed by atoms with E-state index in [1.807, 2.05) is 31.7 Å². The first-order valence-corrected chi connectivity index (χ1v) is 13.5. The van der Waals surface area contributed by atoms with Gasteiger partial charge in [0.1, 0.15) is 0 Å². The van der Waals surface area contributed by atoms with Gasteiger partial charge in [-0.15, -0.1) is 11.8 Å². The first-order valence-electron chi connectivity index (χ1n) is 12.5. The van der Waals surface area contributed by atoms with Crippen LogP contribution in [0.2, 0.25) is 0 Å². The topological polar surface area (TPSA) is 17.1 Å². The maximum Gasteiger partial charge on any atom is 0.186 e. The van der Waals surface area contributed by atoms with Gasteiger partial charge < -0.3 is 0 Å². The molecular weight excluding hydrogens is 408 g/mol. The first-order chi connectivity index (χ1) is 15.5. The highest BCUT2D eigenvalue weighted by Crippen LogP contribution is 2.22. The number of allylic oxidation sites excluding steroid dienone is 1. The predicted octanol–water partition coefficient (Wildman–Crippen LogP) is 9.52. The lowest BCUT2D eigenvalue weighted by atomic mass is 9.96. The largest absolute Gasteiger partial charge is 0.289 e. The SMILES string of the molecule is CCCCCCCCCCCCSc1ccc(C=CC(=O)c2c(C)cc(C)cc2C)cc1. The zero-order valence-corrected chi connectivity index (χ0v) is 21.5. The average Bonchev–Trinajstić information content (AvgIpc) is 2.76. The van der Waals surface area contributed by atoms with Crippen LogP contribution >= 0.6 is 11.8 Å². The monoisotopic (exact) mass is 450 g/mol. The van der Waals surface area contributed by atoms with E-state index in [2.05, 4.69) is 50.2 Å². The van der Waals surface area contributed by atoms with Gasteiger partial charge in [0.15, 0.2) is 5.78 Å². The second-order valence-corrected chi connectivity index (χ2v) is 10.2. The first kappa shape index (κ1) is 26.5. The Labute approximate surface area is 201 Å². The number of benzene rings is 2. The van der Waals surface area contributed by atoms with Crippen LogP contribution in [0.5, 0.6) is 0 Å². The molecule has 0 fully saturated rings. The van der Waals surface area contributed by atoms with Crippen molar-refractivity contribution in [3.8, 4) is 0 Å². The van der Waals surface area contributed by atoms with Crippen LogP contribution in [0, 0.1) is 20.8 Å². The van der Waals surface area contributed by atoms with Gasteiger partial charge in [0, 0.05) is 10.5 Å². The van der Waals surface area contributed by atoms with E-state index < -0.39 is 0 Å². The number of aryl methyl sites for hydroxylation is 3. The molecule has 0 aliphatic heterocycles. The average molecular weight is 451 g/mol. The molecule has 2 heteroatoms. The van der Waals surface area contributed by atoms with Gasteiger partial charge in [0.2, 0.25) is 0 Å². The zero-order chi connectivity index (χ0) is 23.2. The van der Waals surface area contributed by atoms with Crippen molar-refractivity contribution in [2.75, 3.05) is 5.75 Å². The Morgan fingerprint density at radius 3 is 1.88 bits per heavy atom. The molecule has 0 aliphatic rings. The van der Waals surface area contributed by atoms with E-state index in [4.69, 9.17) is 0 Å². The molecule has 2 aromatic rings. The van der Waals surface area contributed by atoms with Gasteiger partial charge in [-0.1, -0.05) is 101 Å². The fraction of sp³-hybridized carbons (Fsp3) is 0.500. The van der Waals surface area contributed by atoms with Crippen LogP contribution in [0.25, 0.3) is 6.08 Å². The van der Waals surface area contributed by atoms with E-state index in [-0.39, 0.29) is 5.78 Å². The van der Waals surface area contributed by atoms with Gasteiger partial charge in [-0.05, 0) is 67.8 Å². The van der Waals surface area contributed by atoms with Gasteiger partial charge in [0.05, 0.1) is 0 Å². The highest BCUT2D eigenvalue weighted by molar-refractivity contribution is 7.99. The molecule has 0 radical (unpaired) electrons. The number of rotatable bonds is 15. The normalized spacial score (nSPS) is 11.4. The van der Waals surface area contributed by atoms with E-state index in [9.17, 15) is 4.79 Å². The molecule has 32 heavy (non-hydrogen) atoms. The summed E-state index contributed by atoms with van der Waals surface area (Å²) in [6.07, 6.45) is 17.5. The maximum atomic E-state index is 12.7. The third-order valence-electron chi connectivity index (χ3n) is 6.00. The molecule has 0 aromatic heterocycles. The second-order valence-electron chi connectivity index (χ2n) is 9.07. The van der Waals surface area contributed by atoms with Crippen molar-refractivity contribution in [3.05, 3.63) is 70.3 Å². The summed E-state index contributed by atoms with van der Waals surface area (Å²) in [4.78, 5) is 14.0. The van der Waals surface area contributed by atoms with Crippen LogP contribution in [-0.2, 0) is 0 Å². The minimum Gasteiger partial charge on any atom is -0.289 e. The lowest BCUT2D eigenvalue weighted by Gasteiger charge is -2.08. The number of hydrogen-bond donors (Lipinski definition) is 0. The van der Waals surface area contributed by atoms with E-state index >= 15 is 0 Å². The minimum atomic E-state index is 0.0828. The minimum absolute atomic E-state index is 0.0828. The van der Waals surface area contributed by atoms with Crippen LogP contribution in [0.4, 0.5) is 0 Å². The molecule has 0 spiro atoms. The Hall–Kier alpha value is -1.80. The molecule has 0 unspecified atom stereocenters. The summed E-state index contributed by atoms with van der Waals surface area (Å²) in [5.74, 6) is 1.27. The van der Waals surface area contributed by atoms with Crippen molar-refractivity contribution in [1.29, 1.82) is 0 Å². The lowest BCUT2D eigenvalue weighted by Crippen LogP contribution is -2.02. The molecule has 0 aliphatic carbocycles. The number of unbranched alkanes of at least 4 members (excludes halogenated alkanes) is 9. The van der Waals surface area contributed by atoms with Crippen LogP contribution < -0.4 is 0 Å². The van der Waals surface area contributed by atoms with Crippen LogP contribution in [0.15, 0.2) is 47.4 Å². The predicted molar refractivity (Wildman–Crippen MR) is 143 cm³/mol. The van der Waals surface area contributed by atoms with Gasteiger partial charge in [-0.2, -0.15) is 0 Å². The maximum absolute atomic E-state index is 12.7. The van der Waals surface area contributed by atoms with Crippen LogP contribution in [-0.4, -0.2) is 11.5 Å². The Morgan fingerprint density at radius 2 is 1.31 bits per heavy atom. The van der Waals surface area contributed by atoms with Gasteiger partial charge in [-0.3, -0.25) is 4.79 Å². The lowest BCUT2D eigenvalue weighted by molar-refractivity contribution is 0.104. The molecular formula is C30H42OS. The van der Waals surface area contributed by atoms with E-state index in [1.54, 1.807) is 6.08 Å². The highest BCUT2D eigenvalue weighted by Gasteiger charge is 2.10. The van der Waals surface area contributed by atoms with Gasteiger partial charge in [-0.25, -0.2) is 0 Å². The Bertz CT molecular complexity index is 825. The number of hydrogen-bond acceptors (Lipinski definition) is 2. The molecule has 2 aromatic carbocycles. The Morgan fingerprint density at radius 1 is 0.781 bits per heavy atom. The number of thioether (sulfide) groups is 1. The molecule has 0 heterocycles. The van der Waals surface area contributed by atoms with Crippen molar-refractivity contribution in [2.45, 2.75) is 96.8 Å². The third-order valence-corrected chi connectivity index (χ3v) is 7.10. The molecule has 1 nitrogen and oxygen atoms in total. The summed E-state index contributed by atoms with van der Waals surface area (Å²) in [5.41, 5.74) is 5.21. The molecule has 0 atom stereocenters. The molecule has 0 amide bonds. The summed E-state index contributed by atoms with van der Waals surface area (Å²) in [6, 6.07) is 12.7. The van der Waals surface area contributed by atoms with E-state index in [0.29, 0.717) is 0 Å². The molecule has 174 valence electrons. The quantitative estimate of drug-likeness (QED) is 0.116. The summed E-state index contributed by atoms with van der Waals surface area (Å²) >= 11 is 1.94. The summed E-state index contributed by atoms with van der Waals surface area (Å²) in [5, 5.41) is 0. The molecule has 2 rings (SSSR count). The summed E-state index contributed by atoms with van der Waals surface area (Å²) in [6.45, 7) is 8.38. The van der Waals surface area contributed by atoms with E-state index in [1.165, 1.54) is 80.4 Å². The van der Waals surface area contributed by atoms with Gasteiger partial charge >= 0.3 is 0 Å². The summed E-state index contributed by atoms with van der Waals surface area (Å²) < 4.78 is 0. The molecule has 0 bridgehead atoms. The smallest absolute Gasteiger partial charge is 0.186 e. The number of carbonyl (C=O) groups is 1. The van der Waals surface area contributed by atoms with Crippen LogP contribution in [0.3, 0.4) is 0 Å². The van der Waals surface area contributed by atoms with E-state index in [0.717, 1.165) is 22.3 Å². The van der Waals surface area contributed by atoms with Crippen molar-refractivity contribution in [1.82, 2.24) is 0 Å². The third kappa shape index (κ3) is 9.77. The number of carbonyl (C=O) groups excluding carboxylic acids is 1. The summed E-state index contributed by atoms with van der Waals surface area (Å²) in [7, 11) is 0. The van der Waals surface area contributed by atoms with Gasteiger partial charge in [0.25, 0.3) is 0 Å². The van der Waals surface area contributed by atoms with Crippen molar-refractivity contribution in [3.63, 3.8) is 0 Å². The molecule has 0 N–H and O–H groups in total. The van der Waals surface area contributed by atoms with Crippen molar-refractivity contribution < 1.29 is 4.79 Å². The fourth-order valence-electron chi connectivity index (χ4n) is 4.28. The zero-order valence-electron chi connectivity index (χ0n) is 20.7. The van der Waals surface area contributed by atoms with Crippen LogP contribution in [0.1, 0.15) is 104 Å². The Kier molecular flexibility index (Phi) is 12.5. The molecule has 0 saturated heterocycles.